The van der Waals surface area contributed by atoms with Crippen molar-refractivity contribution in [2.75, 3.05) is 12.3 Å². The van der Waals surface area contributed by atoms with Crippen LogP contribution in [0.4, 0.5) is 5.69 Å². The molecular weight excluding hydrogens is 262 g/mol. The summed E-state index contributed by atoms with van der Waals surface area (Å²) in [5, 5.41) is 4.02. The lowest BCUT2D eigenvalue weighted by Crippen LogP contribution is -2.14. The molecule has 0 saturated heterocycles. The van der Waals surface area contributed by atoms with E-state index in [0.717, 1.165) is 0 Å². The number of aryl methyl sites for hydroxylation is 1. The number of hydrogen-bond acceptors (Lipinski definition) is 6. The number of aromatic nitrogens is 4. The first-order valence-electron chi connectivity index (χ1n) is 6.18. The average molecular weight is 277 g/mol. The Labute approximate surface area is 114 Å². The number of H-pyrrole nitrogens is 1. The number of anilines is 1. The van der Waals surface area contributed by atoms with Crippen molar-refractivity contribution in [1.82, 2.24) is 19.7 Å². The topological polar surface area (TPSA) is 116 Å². The van der Waals surface area contributed by atoms with Gasteiger partial charge in [0.1, 0.15) is 5.82 Å². The van der Waals surface area contributed by atoms with Gasteiger partial charge in [-0.3, -0.25) is 4.79 Å². The van der Waals surface area contributed by atoms with E-state index in [1.165, 1.54) is 16.9 Å². The summed E-state index contributed by atoms with van der Waals surface area (Å²) in [5.74, 6) is 0.219. The van der Waals surface area contributed by atoms with Crippen LogP contribution in [0.2, 0.25) is 0 Å². The molecule has 8 heteroatoms. The van der Waals surface area contributed by atoms with E-state index < -0.39 is 5.97 Å². The summed E-state index contributed by atoms with van der Waals surface area (Å²) in [6.45, 7) is 3.79. The van der Waals surface area contributed by atoms with Crippen molar-refractivity contribution in [3.8, 4) is 5.82 Å². The van der Waals surface area contributed by atoms with Gasteiger partial charge in [-0.05, 0) is 6.92 Å². The standard InChI is InChI=1S/C12H15N5O3/c1-3-8-14-9(5-10(18)15-8)17-6-7(13)11(16-17)12(19)20-4-2/h5-6H,3-4,13H2,1-2H3,(H,14,15,18). The molecule has 0 unspecified atom stereocenters. The van der Waals surface area contributed by atoms with Crippen LogP contribution < -0.4 is 11.3 Å². The van der Waals surface area contributed by atoms with Gasteiger partial charge in [0.25, 0.3) is 5.56 Å². The first-order valence-corrected chi connectivity index (χ1v) is 6.18. The maximum atomic E-state index is 11.6. The van der Waals surface area contributed by atoms with Crippen LogP contribution in [-0.4, -0.2) is 32.3 Å². The second kappa shape index (κ2) is 5.55. The largest absolute Gasteiger partial charge is 0.461 e. The molecule has 0 aliphatic heterocycles. The van der Waals surface area contributed by atoms with Gasteiger partial charge < -0.3 is 15.5 Å². The Morgan fingerprint density at radius 1 is 1.50 bits per heavy atom. The minimum Gasteiger partial charge on any atom is -0.461 e. The lowest BCUT2D eigenvalue weighted by Gasteiger charge is -2.02. The second-order valence-electron chi connectivity index (χ2n) is 4.00. The zero-order chi connectivity index (χ0) is 14.7. The highest BCUT2D eigenvalue weighted by Crippen LogP contribution is 2.13. The highest BCUT2D eigenvalue weighted by atomic mass is 16.5. The summed E-state index contributed by atoms with van der Waals surface area (Å²) in [6, 6.07) is 1.28. The Kier molecular flexibility index (Phi) is 3.83. The van der Waals surface area contributed by atoms with E-state index in [2.05, 4.69) is 15.1 Å². The van der Waals surface area contributed by atoms with Gasteiger partial charge >= 0.3 is 5.97 Å². The lowest BCUT2D eigenvalue weighted by atomic mass is 10.4. The normalized spacial score (nSPS) is 10.5. The monoisotopic (exact) mass is 277 g/mol. The number of carbonyl (C=O) groups excluding carboxylic acids is 1. The Hall–Kier alpha value is -2.64. The maximum absolute atomic E-state index is 11.6. The quantitative estimate of drug-likeness (QED) is 0.775. The molecular formula is C12H15N5O3. The molecule has 106 valence electrons. The predicted molar refractivity (Wildman–Crippen MR) is 71.7 cm³/mol. The first-order chi connectivity index (χ1) is 9.55. The molecule has 0 aliphatic carbocycles. The molecule has 0 atom stereocenters. The third-order valence-corrected chi connectivity index (χ3v) is 2.56. The summed E-state index contributed by atoms with van der Waals surface area (Å²) >= 11 is 0. The molecule has 0 fully saturated rings. The summed E-state index contributed by atoms with van der Waals surface area (Å²) < 4.78 is 6.13. The van der Waals surface area contributed by atoms with E-state index >= 15 is 0 Å². The Morgan fingerprint density at radius 2 is 2.25 bits per heavy atom. The molecule has 0 radical (unpaired) electrons. The third kappa shape index (κ3) is 2.68. The number of esters is 1. The summed E-state index contributed by atoms with van der Waals surface area (Å²) in [6.07, 6.45) is 2.00. The number of nitrogen functional groups attached to an aromatic ring is 1. The van der Waals surface area contributed by atoms with Crippen LogP contribution in [0.25, 0.3) is 5.82 Å². The molecule has 0 amide bonds. The van der Waals surface area contributed by atoms with Gasteiger partial charge in [-0.1, -0.05) is 6.92 Å². The van der Waals surface area contributed by atoms with Crippen LogP contribution in [0.5, 0.6) is 0 Å². The van der Waals surface area contributed by atoms with Crippen molar-refractivity contribution in [3.63, 3.8) is 0 Å². The van der Waals surface area contributed by atoms with E-state index in [9.17, 15) is 9.59 Å². The van der Waals surface area contributed by atoms with Crippen molar-refractivity contribution in [2.45, 2.75) is 20.3 Å². The van der Waals surface area contributed by atoms with Crippen LogP contribution in [0.1, 0.15) is 30.2 Å². The van der Waals surface area contributed by atoms with Gasteiger partial charge in [0.2, 0.25) is 0 Å². The number of rotatable bonds is 4. The molecule has 8 nitrogen and oxygen atoms in total. The molecule has 0 aromatic carbocycles. The predicted octanol–water partition coefficient (Wildman–Crippen LogP) is 0.277. The zero-order valence-electron chi connectivity index (χ0n) is 11.2. The Morgan fingerprint density at radius 3 is 2.90 bits per heavy atom. The zero-order valence-corrected chi connectivity index (χ0v) is 11.2. The van der Waals surface area contributed by atoms with Gasteiger partial charge in [0.05, 0.1) is 18.5 Å². The highest BCUT2D eigenvalue weighted by molar-refractivity contribution is 5.92. The fourth-order valence-electron chi connectivity index (χ4n) is 1.64. The van der Waals surface area contributed by atoms with Crippen molar-refractivity contribution >= 4 is 11.7 Å². The van der Waals surface area contributed by atoms with Crippen LogP contribution in [-0.2, 0) is 11.2 Å². The molecule has 0 aliphatic rings. The van der Waals surface area contributed by atoms with Crippen LogP contribution >= 0.6 is 0 Å². The Bertz CT molecular complexity index is 689. The van der Waals surface area contributed by atoms with Gasteiger partial charge in [0, 0.05) is 12.5 Å². The van der Waals surface area contributed by atoms with Crippen LogP contribution in [0, 0.1) is 0 Å². The molecule has 3 N–H and O–H groups in total. The lowest BCUT2D eigenvalue weighted by molar-refractivity contribution is 0.0520. The number of carbonyl (C=O) groups is 1. The minimum atomic E-state index is -0.607. The average Bonchev–Trinajstić information content (AvgIpc) is 2.80. The van der Waals surface area contributed by atoms with Gasteiger partial charge in [0.15, 0.2) is 11.5 Å². The first kappa shape index (κ1) is 13.8. The van der Waals surface area contributed by atoms with Crippen molar-refractivity contribution in [3.05, 3.63) is 34.1 Å². The van der Waals surface area contributed by atoms with Crippen LogP contribution in [0.3, 0.4) is 0 Å². The SMILES string of the molecule is CCOC(=O)c1nn(-c2cc(=O)[nH]c(CC)n2)cc1N. The number of aromatic amines is 1. The van der Waals surface area contributed by atoms with Gasteiger partial charge in [-0.2, -0.15) is 5.10 Å². The van der Waals surface area contributed by atoms with Gasteiger partial charge in [-0.25, -0.2) is 14.5 Å². The Balaban J connectivity index is 2.44. The molecule has 0 saturated carbocycles. The summed E-state index contributed by atoms with van der Waals surface area (Å²) in [5.41, 5.74) is 5.60. The third-order valence-electron chi connectivity index (χ3n) is 2.56. The molecule has 2 aromatic heterocycles. The fraction of sp³-hybridized carbons (Fsp3) is 0.333. The molecule has 20 heavy (non-hydrogen) atoms. The molecule has 0 bridgehead atoms. The number of nitrogens with one attached hydrogen (secondary N) is 1. The number of nitrogens with two attached hydrogens (primary N) is 1. The van der Waals surface area contributed by atoms with Crippen molar-refractivity contribution in [1.29, 1.82) is 0 Å². The fourth-order valence-corrected chi connectivity index (χ4v) is 1.64. The van der Waals surface area contributed by atoms with Crippen LogP contribution in [0.15, 0.2) is 17.1 Å². The molecule has 2 rings (SSSR count). The van der Waals surface area contributed by atoms with E-state index in [1.807, 2.05) is 6.92 Å². The van der Waals surface area contributed by atoms with E-state index in [4.69, 9.17) is 10.5 Å². The number of ether oxygens (including phenoxy) is 1. The second-order valence-corrected chi connectivity index (χ2v) is 4.00. The molecule has 2 heterocycles. The van der Waals surface area contributed by atoms with E-state index in [-0.39, 0.29) is 23.5 Å². The number of nitrogens with zero attached hydrogens (tertiary/aromatic N) is 3. The summed E-state index contributed by atoms with van der Waals surface area (Å²) in [4.78, 5) is 30.0. The highest BCUT2D eigenvalue weighted by Gasteiger charge is 2.17. The van der Waals surface area contributed by atoms with Crippen molar-refractivity contribution < 1.29 is 9.53 Å². The summed E-state index contributed by atoms with van der Waals surface area (Å²) in [7, 11) is 0. The van der Waals surface area contributed by atoms with Crippen molar-refractivity contribution in [2.24, 2.45) is 0 Å². The minimum absolute atomic E-state index is 0.00646. The van der Waals surface area contributed by atoms with E-state index in [0.29, 0.717) is 18.1 Å². The smallest absolute Gasteiger partial charge is 0.361 e. The maximum Gasteiger partial charge on any atom is 0.361 e. The molecule has 0 spiro atoms. The van der Waals surface area contributed by atoms with Gasteiger partial charge in [-0.15, -0.1) is 0 Å². The molecule has 2 aromatic rings. The number of hydrogen-bond donors (Lipinski definition) is 2. The van der Waals surface area contributed by atoms with E-state index in [1.54, 1.807) is 6.92 Å².